The number of carboxylic acids is 1. The van der Waals surface area contributed by atoms with E-state index in [0.717, 1.165) is 25.2 Å². The number of fused-ring (bicyclic) bond motifs is 2. The van der Waals surface area contributed by atoms with Gasteiger partial charge in [0.2, 0.25) is 5.76 Å². The van der Waals surface area contributed by atoms with Gasteiger partial charge in [-0.25, -0.2) is 4.79 Å². The Morgan fingerprint density at radius 1 is 0.962 bits per heavy atom. The van der Waals surface area contributed by atoms with Gasteiger partial charge in [-0.05, 0) is 42.5 Å². The van der Waals surface area contributed by atoms with Crippen molar-refractivity contribution in [3.63, 3.8) is 0 Å². The van der Waals surface area contributed by atoms with Gasteiger partial charge in [0.15, 0.2) is 5.78 Å². The molecule has 0 aliphatic carbocycles. The first-order valence-corrected chi connectivity index (χ1v) is 9.13. The molecule has 4 rings (SSSR count). The molecule has 132 valence electrons. The quantitative estimate of drug-likeness (QED) is 0.344. The molecule has 0 atom stereocenters. The molecule has 5 nitrogen and oxygen atoms in total. The van der Waals surface area contributed by atoms with Crippen molar-refractivity contribution in [1.29, 1.82) is 0 Å². The van der Waals surface area contributed by atoms with E-state index >= 15 is 0 Å². The Balaban J connectivity index is 0.000000151. The average molecular weight is 479 g/mol. The van der Waals surface area contributed by atoms with Crippen LogP contribution in [0, 0.1) is 0 Å². The number of aromatic amines is 1. The highest BCUT2D eigenvalue weighted by molar-refractivity contribution is 9.10. The van der Waals surface area contributed by atoms with Crippen LogP contribution in [0.5, 0.6) is 0 Å². The zero-order valence-corrected chi connectivity index (χ0v) is 16.7. The summed E-state index contributed by atoms with van der Waals surface area (Å²) in [5.41, 5.74) is 2.22. The van der Waals surface area contributed by atoms with Gasteiger partial charge in [-0.3, -0.25) is 4.79 Å². The predicted molar refractivity (Wildman–Crippen MR) is 107 cm³/mol. The Hall–Kier alpha value is -2.38. The Morgan fingerprint density at radius 2 is 1.62 bits per heavy atom. The Kier molecular flexibility index (Phi) is 5.29. The van der Waals surface area contributed by atoms with Crippen LogP contribution < -0.4 is 0 Å². The van der Waals surface area contributed by atoms with Crippen molar-refractivity contribution in [2.45, 2.75) is 6.92 Å². The lowest BCUT2D eigenvalue weighted by Gasteiger charge is -1.89. The zero-order chi connectivity index (χ0) is 18.8. The Labute approximate surface area is 165 Å². The van der Waals surface area contributed by atoms with Gasteiger partial charge >= 0.3 is 5.97 Å². The molecule has 0 saturated heterocycles. The molecular weight excluding hydrogens is 466 g/mol. The molecule has 0 aliphatic rings. The molecule has 0 aliphatic heterocycles. The fraction of sp³-hybridized carbons (Fsp3) is 0.0526. The fourth-order valence-corrected chi connectivity index (χ4v) is 3.10. The molecule has 0 radical (unpaired) electrons. The number of rotatable bonds is 2. The molecule has 0 fully saturated rings. The summed E-state index contributed by atoms with van der Waals surface area (Å²) >= 11 is 6.65. The second kappa shape index (κ2) is 7.47. The van der Waals surface area contributed by atoms with E-state index in [1.165, 1.54) is 6.07 Å². The number of ketones is 1. The minimum atomic E-state index is -1.05. The van der Waals surface area contributed by atoms with Crippen LogP contribution in [0.3, 0.4) is 0 Å². The summed E-state index contributed by atoms with van der Waals surface area (Å²) in [4.78, 5) is 24.7. The molecule has 0 bridgehead atoms. The third-order valence-electron chi connectivity index (χ3n) is 3.66. The number of Topliss-reactive ketones (excluding diaryl/α,β-unsaturated/α-hetero) is 1. The first-order valence-electron chi connectivity index (χ1n) is 7.55. The minimum absolute atomic E-state index is 0.0342. The number of hydrogen-bond acceptors (Lipinski definition) is 3. The van der Waals surface area contributed by atoms with E-state index in [0.29, 0.717) is 11.3 Å². The van der Waals surface area contributed by atoms with Crippen LogP contribution in [-0.2, 0) is 0 Å². The number of halogens is 2. The molecule has 0 unspecified atom stereocenters. The fourth-order valence-electron chi connectivity index (χ4n) is 2.40. The van der Waals surface area contributed by atoms with Crippen molar-refractivity contribution < 1.29 is 19.1 Å². The van der Waals surface area contributed by atoms with Crippen molar-refractivity contribution in [2.75, 3.05) is 0 Å². The van der Waals surface area contributed by atoms with E-state index < -0.39 is 5.97 Å². The van der Waals surface area contributed by atoms with Gasteiger partial charge in [-0.1, -0.05) is 37.9 Å². The van der Waals surface area contributed by atoms with Gasteiger partial charge in [0.25, 0.3) is 0 Å². The van der Waals surface area contributed by atoms with Gasteiger partial charge in [0.1, 0.15) is 5.58 Å². The van der Waals surface area contributed by atoms with E-state index in [1.807, 2.05) is 30.3 Å². The lowest BCUT2D eigenvalue weighted by atomic mass is 10.2. The van der Waals surface area contributed by atoms with Gasteiger partial charge in [-0.2, -0.15) is 0 Å². The van der Waals surface area contributed by atoms with Crippen LogP contribution in [0.25, 0.3) is 21.9 Å². The lowest BCUT2D eigenvalue weighted by Crippen LogP contribution is -1.91. The predicted octanol–water partition coefficient (Wildman–Crippen LogP) is 6.03. The highest BCUT2D eigenvalue weighted by Crippen LogP contribution is 2.23. The summed E-state index contributed by atoms with van der Waals surface area (Å²) in [6.07, 6.45) is 0. The van der Waals surface area contributed by atoms with E-state index in [4.69, 9.17) is 9.52 Å². The molecule has 2 heterocycles. The van der Waals surface area contributed by atoms with Crippen molar-refractivity contribution >= 4 is 65.5 Å². The Morgan fingerprint density at radius 3 is 2.27 bits per heavy atom. The monoisotopic (exact) mass is 477 g/mol. The van der Waals surface area contributed by atoms with Crippen molar-refractivity contribution in [3.05, 3.63) is 68.9 Å². The SMILES string of the molecule is CC(=O)c1cc2ccc(Br)cc2[nH]1.O=C(O)c1cc2ccc(Br)cc2o1. The molecule has 0 saturated carbocycles. The maximum Gasteiger partial charge on any atom is 0.371 e. The van der Waals surface area contributed by atoms with E-state index in [2.05, 4.69) is 36.8 Å². The van der Waals surface area contributed by atoms with Crippen LogP contribution in [0.4, 0.5) is 0 Å². The number of carbonyl (C=O) groups excluding carboxylic acids is 1. The number of carboxylic acid groups (broad SMARTS) is 1. The van der Waals surface area contributed by atoms with Crippen LogP contribution in [0.2, 0.25) is 0 Å². The number of hydrogen-bond donors (Lipinski definition) is 2. The van der Waals surface area contributed by atoms with Crippen LogP contribution in [-0.4, -0.2) is 21.8 Å². The second-order valence-electron chi connectivity index (χ2n) is 5.57. The molecule has 7 heteroatoms. The number of nitrogens with one attached hydrogen (secondary N) is 1. The maximum atomic E-state index is 11.1. The minimum Gasteiger partial charge on any atom is -0.475 e. The van der Waals surface area contributed by atoms with Gasteiger partial charge in [0, 0.05) is 32.2 Å². The van der Waals surface area contributed by atoms with Crippen molar-refractivity contribution in [2.24, 2.45) is 0 Å². The molecule has 2 aromatic carbocycles. The number of benzene rings is 2. The lowest BCUT2D eigenvalue weighted by molar-refractivity contribution is 0.0664. The first-order chi connectivity index (χ1) is 12.3. The van der Waals surface area contributed by atoms with E-state index in [1.54, 1.807) is 19.1 Å². The highest BCUT2D eigenvalue weighted by atomic mass is 79.9. The first kappa shape index (κ1) is 18.4. The van der Waals surface area contributed by atoms with Crippen molar-refractivity contribution in [1.82, 2.24) is 4.98 Å². The molecular formula is C19H13Br2NO4. The average Bonchev–Trinajstić information content (AvgIpc) is 3.18. The number of carbonyl (C=O) groups is 2. The molecule has 2 aromatic heterocycles. The zero-order valence-electron chi connectivity index (χ0n) is 13.5. The number of H-pyrrole nitrogens is 1. The topological polar surface area (TPSA) is 83.3 Å². The van der Waals surface area contributed by atoms with E-state index in [-0.39, 0.29) is 11.5 Å². The summed E-state index contributed by atoms with van der Waals surface area (Å²) in [5.74, 6) is -1.02. The summed E-state index contributed by atoms with van der Waals surface area (Å²) in [6, 6.07) is 14.6. The second-order valence-corrected chi connectivity index (χ2v) is 7.40. The maximum absolute atomic E-state index is 11.1. The summed E-state index contributed by atoms with van der Waals surface area (Å²) in [7, 11) is 0. The van der Waals surface area contributed by atoms with Crippen molar-refractivity contribution in [3.8, 4) is 0 Å². The summed E-state index contributed by atoms with van der Waals surface area (Å²) in [6.45, 7) is 1.56. The molecule has 0 spiro atoms. The van der Waals surface area contributed by atoms with Crippen LogP contribution in [0.15, 0.2) is 61.9 Å². The van der Waals surface area contributed by atoms with Gasteiger partial charge in [-0.15, -0.1) is 0 Å². The largest absolute Gasteiger partial charge is 0.475 e. The third-order valence-corrected chi connectivity index (χ3v) is 4.64. The molecule has 4 aromatic rings. The number of furan rings is 1. The standard InChI is InChI=1S/C10H8BrNO.C9H5BrO3/c1-6(13)9-4-7-2-3-8(11)5-10(7)12-9;10-6-2-1-5-3-8(9(11)12)13-7(5)4-6/h2-5,12H,1H3;1-4H,(H,11,12). The van der Waals surface area contributed by atoms with E-state index in [9.17, 15) is 9.59 Å². The van der Waals surface area contributed by atoms with Gasteiger partial charge in [0.05, 0.1) is 5.69 Å². The Bertz CT molecular complexity index is 1040. The molecule has 26 heavy (non-hydrogen) atoms. The smallest absolute Gasteiger partial charge is 0.371 e. The molecule has 0 amide bonds. The normalized spacial score (nSPS) is 10.6. The van der Waals surface area contributed by atoms with Crippen LogP contribution in [0.1, 0.15) is 28.0 Å². The summed E-state index contributed by atoms with van der Waals surface area (Å²) < 4.78 is 6.96. The number of aromatic nitrogens is 1. The summed E-state index contributed by atoms with van der Waals surface area (Å²) in [5, 5.41) is 10.5. The molecule has 2 N–H and O–H groups in total. The third kappa shape index (κ3) is 4.05. The highest BCUT2D eigenvalue weighted by Gasteiger charge is 2.09. The van der Waals surface area contributed by atoms with Crippen LogP contribution >= 0.6 is 31.9 Å². The number of aromatic carboxylic acids is 1. The van der Waals surface area contributed by atoms with Gasteiger partial charge < -0.3 is 14.5 Å².